The van der Waals surface area contributed by atoms with Gasteiger partial charge in [-0.05, 0) is 48.9 Å². The summed E-state index contributed by atoms with van der Waals surface area (Å²) in [6, 6.07) is 2.11. The normalized spacial score (nSPS) is 18.4. The van der Waals surface area contributed by atoms with Crippen molar-refractivity contribution in [1.82, 2.24) is 4.98 Å². The van der Waals surface area contributed by atoms with E-state index in [1.807, 2.05) is 0 Å². The molecule has 1 aliphatic rings. The lowest BCUT2D eigenvalue weighted by molar-refractivity contribution is -0.105. The van der Waals surface area contributed by atoms with Crippen LogP contribution < -0.4 is 0 Å². The standard InChI is InChI=1S/C16H22N2OS/c1-16(2,3)12-5-6-13-11(9-12)10-14(17-4)15(18-13)20-8-7-19/h7,10,12H,4-6,8-9H2,1-3H3. The van der Waals surface area contributed by atoms with Gasteiger partial charge in [-0.1, -0.05) is 32.5 Å². The number of hydrogen-bond donors (Lipinski definition) is 0. The molecule has 0 radical (unpaired) electrons. The first kappa shape index (κ1) is 15.2. The molecule has 1 heterocycles. The van der Waals surface area contributed by atoms with Crippen LogP contribution in [0, 0.1) is 11.3 Å². The van der Waals surface area contributed by atoms with Gasteiger partial charge in [-0.2, -0.15) is 0 Å². The van der Waals surface area contributed by atoms with E-state index in [1.54, 1.807) is 0 Å². The molecule has 1 atom stereocenters. The lowest BCUT2D eigenvalue weighted by Gasteiger charge is -2.34. The van der Waals surface area contributed by atoms with Crippen molar-refractivity contribution in [3.8, 4) is 0 Å². The number of thioether (sulfide) groups is 1. The molecule has 2 rings (SSSR count). The Labute approximate surface area is 125 Å². The topological polar surface area (TPSA) is 42.3 Å². The third-order valence-corrected chi connectivity index (χ3v) is 4.89. The summed E-state index contributed by atoms with van der Waals surface area (Å²) in [5.74, 6) is 1.10. The predicted molar refractivity (Wildman–Crippen MR) is 85.2 cm³/mol. The highest BCUT2D eigenvalue weighted by atomic mass is 32.2. The summed E-state index contributed by atoms with van der Waals surface area (Å²) in [6.45, 7) is 10.5. The summed E-state index contributed by atoms with van der Waals surface area (Å²) < 4.78 is 0. The Morgan fingerprint density at radius 1 is 1.55 bits per heavy atom. The number of hydrogen-bond acceptors (Lipinski definition) is 4. The van der Waals surface area contributed by atoms with Crippen molar-refractivity contribution in [2.24, 2.45) is 16.3 Å². The molecule has 20 heavy (non-hydrogen) atoms. The molecule has 0 aliphatic heterocycles. The molecule has 1 aliphatic carbocycles. The average molecular weight is 290 g/mol. The minimum atomic E-state index is 0.324. The lowest BCUT2D eigenvalue weighted by atomic mass is 9.71. The molecule has 0 amide bonds. The molecule has 3 nitrogen and oxygen atoms in total. The first-order valence-electron chi connectivity index (χ1n) is 7.01. The summed E-state index contributed by atoms with van der Waals surface area (Å²) in [6.07, 6.45) is 4.16. The van der Waals surface area contributed by atoms with E-state index in [1.165, 1.54) is 29.4 Å². The van der Waals surface area contributed by atoms with Gasteiger partial charge in [0, 0.05) is 5.69 Å². The molecule has 1 aromatic rings. The monoisotopic (exact) mass is 290 g/mol. The number of pyridine rings is 1. The fourth-order valence-corrected chi connectivity index (χ4v) is 3.38. The number of rotatable bonds is 4. The first-order valence-corrected chi connectivity index (χ1v) is 8.00. The molecule has 1 unspecified atom stereocenters. The zero-order valence-corrected chi connectivity index (χ0v) is 13.3. The Kier molecular flexibility index (Phi) is 4.63. The minimum Gasteiger partial charge on any atom is -0.302 e. The maximum atomic E-state index is 10.5. The molecular weight excluding hydrogens is 268 g/mol. The van der Waals surface area contributed by atoms with E-state index >= 15 is 0 Å². The summed E-state index contributed by atoms with van der Waals surface area (Å²) in [7, 11) is 0. The van der Waals surface area contributed by atoms with Crippen molar-refractivity contribution in [2.75, 3.05) is 5.75 Å². The van der Waals surface area contributed by atoms with Crippen LogP contribution in [-0.4, -0.2) is 23.7 Å². The van der Waals surface area contributed by atoms with E-state index < -0.39 is 0 Å². The number of aliphatic imine (C=N–C) groups is 1. The summed E-state index contributed by atoms with van der Waals surface area (Å²) in [5.41, 5.74) is 3.61. The second-order valence-corrected chi connectivity index (χ2v) is 7.37. The average Bonchev–Trinajstić information content (AvgIpc) is 2.42. The lowest BCUT2D eigenvalue weighted by Crippen LogP contribution is -2.27. The second-order valence-electron chi connectivity index (χ2n) is 6.36. The van der Waals surface area contributed by atoms with Gasteiger partial charge in [0.15, 0.2) is 0 Å². The zero-order valence-electron chi connectivity index (χ0n) is 12.5. The molecule has 0 saturated heterocycles. The van der Waals surface area contributed by atoms with Crippen molar-refractivity contribution in [2.45, 2.75) is 45.1 Å². The third-order valence-electron chi connectivity index (χ3n) is 4.02. The Balaban J connectivity index is 2.30. The Hall–Kier alpha value is -1.16. The van der Waals surface area contributed by atoms with Gasteiger partial charge in [0.2, 0.25) is 0 Å². The molecule has 0 N–H and O–H groups in total. The molecule has 1 aromatic heterocycles. The highest BCUT2D eigenvalue weighted by Gasteiger charge is 2.29. The van der Waals surface area contributed by atoms with Gasteiger partial charge in [-0.25, -0.2) is 4.98 Å². The minimum absolute atomic E-state index is 0.324. The van der Waals surface area contributed by atoms with Gasteiger partial charge < -0.3 is 4.79 Å². The van der Waals surface area contributed by atoms with Crippen LogP contribution in [0.15, 0.2) is 16.1 Å². The van der Waals surface area contributed by atoms with Crippen LogP contribution >= 0.6 is 11.8 Å². The highest BCUT2D eigenvalue weighted by Crippen LogP contribution is 2.39. The van der Waals surface area contributed by atoms with Crippen LogP contribution in [0.1, 0.15) is 38.4 Å². The Morgan fingerprint density at radius 3 is 2.90 bits per heavy atom. The molecule has 108 valence electrons. The fourth-order valence-electron chi connectivity index (χ4n) is 2.71. The molecule has 0 spiro atoms. The first-order chi connectivity index (χ1) is 9.45. The molecule has 0 saturated carbocycles. The molecule has 0 aromatic carbocycles. The SMILES string of the molecule is C=Nc1cc2c(nc1SCC=O)CCC(C(C)(C)C)C2. The smallest absolute Gasteiger partial charge is 0.130 e. The number of aromatic nitrogens is 1. The van der Waals surface area contributed by atoms with Crippen LogP contribution in [-0.2, 0) is 17.6 Å². The van der Waals surface area contributed by atoms with E-state index in [4.69, 9.17) is 4.98 Å². The van der Waals surface area contributed by atoms with Crippen LogP contribution in [0.5, 0.6) is 0 Å². The third kappa shape index (κ3) is 3.29. The van der Waals surface area contributed by atoms with Crippen molar-refractivity contribution in [3.63, 3.8) is 0 Å². The second kappa shape index (κ2) is 6.08. The van der Waals surface area contributed by atoms with Crippen molar-refractivity contribution in [3.05, 3.63) is 17.3 Å². The number of aldehydes is 1. The molecule has 0 bridgehead atoms. The van der Waals surface area contributed by atoms with E-state index in [0.717, 1.165) is 29.8 Å². The number of carbonyl (C=O) groups excluding carboxylic acids is 1. The predicted octanol–water partition coefficient (Wildman–Crippen LogP) is 3.86. The van der Waals surface area contributed by atoms with E-state index in [-0.39, 0.29) is 0 Å². The van der Waals surface area contributed by atoms with Crippen LogP contribution in [0.4, 0.5) is 5.69 Å². The number of nitrogens with zero attached hydrogens (tertiary/aromatic N) is 2. The quantitative estimate of drug-likeness (QED) is 0.480. The fraction of sp³-hybridized carbons (Fsp3) is 0.562. The zero-order chi connectivity index (χ0) is 14.8. The van der Waals surface area contributed by atoms with Crippen molar-refractivity contribution in [1.29, 1.82) is 0 Å². The Bertz CT molecular complexity index is 520. The number of aryl methyl sites for hydroxylation is 1. The van der Waals surface area contributed by atoms with Crippen molar-refractivity contribution >= 4 is 30.5 Å². The van der Waals surface area contributed by atoms with Gasteiger partial charge in [0.1, 0.15) is 11.3 Å². The summed E-state index contributed by atoms with van der Waals surface area (Å²) >= 11 is 1.44. The van der Waals surface area contributed by atoms with Crippen LogP contribution in [0.2, 0.25) is 0 Å². The van der Waals surface area contributed by atoms with Crippen LogP contribution in [0.25, 0.3) is 0 Å². The van der Waals surface area contributed by atoms with Gasteiger partial charge >= 0.3 is 0 Å². The van der Waals surface area contributed by atoms with E-state index in [9.17, 15) is 4.79 Å². The van der Waals surface area contributed by atoms with E-state index in [2.05, 4.69) is 38.5 Å². The summed E-state index contributed by atoms with van der Waals surface area (Å²) in [5, 5.41) is 0.833. The van der Waals surface area contributed by atoms with Gasteiger partial charge in [0.05, 0.1) is 11.4 Å². The number of fused-ring (bicyclic) bond motifs is 1. The Morgan fingerprint density at radius 2 is 2.30 bits per heavy atom. The number of carbonyl (C=O) groups is 1. The van der Waals surface area contributed by atoms with Gasteiger partial charge in [-0.3, -0.25) is 4.99 Å². The highest BCUT2D eigenvalue weighted by molar-refractivity contribution is 7.99. The van der Waals surface area contributed by atoms with Crippen LogP contribution in [0.3, 0.4) is 0 Å². The van der Waals surface area contributed by atoms with Crippen molar-refractivity contribution < 1.29 is 4.79 Å². The molecular formula is C16H22N2OS. The summed E-state index contributed by atoms with van der Waals surface area (Å²) in [4.78, 5) is 19.3. The molecule has 0 fully saturated rings. The van der Waals surface area contributed by atoms with Gasteiger partial charge in [0.25, 0.3) is 0 Å². The van der Waals surface area contributed by atoms with E-state index in [0.29, 0.717) is 17.1 Å². The maximum Gasteiger partial charge on any atom is 0.130 e. The maximum absolute atomic E-state index is 10.5. The van der Waals surface area contributed by atoms with Gasteiger partial charge in [-0.15, -0.1) is 0 Å². The molecule has 4 heteroatoms. The largest absolute Gasteiger partial charge is 0.302 e.